The highest BCUT2D eigenvalue weighted by Crippen LogP contribution is 2.29. The highest BCUT2D eigenvalue weighted by molar-refractivity contribution is 7.90. The molecule has 0 spiro atoms. The lowest BCUT2D eigenvalue weighted by atomic mass is 10.0. The minimum Gasteiger partial charge on any atom is -0.316 e. The summed E-state index contributed by atoms with van der Waals surface area (Å²) in [6.07, 6.45) is 3.23. The van der Waals surface area contributed by atoms with Gasteiger partial charge in [-0.3, -0.25) is 9.52 Å². The third kappa shape index (κ3) is 3.96. The van der Waals surface area contributed by atoms with Crippen LogP contribution in [0, 0.1) is 12.7 Å². The number of nitrogens with zero attached hydrogens (tertiary/aromatic N) is 2. The molecule has 0 unspecified atom stereocenters. The smallest absolute Gasteiger partial charge is 0.301 e. The first-order chi connectivity index (χ1) is 12.2. The average Bonchev–Trinajstić information content (AvgIpc) is 3.38. The Morgan fingerprint density at radius 1 is 1.27 bits per heavy atom. The van der Waals surface area contributed by atoms with Crippen LogP contribution in [0.1, 0.15) is 29.5 Å². The van der Waals surface area contributed by atoms with Gasteiger partial charge in [-0.05, 0) is 42.5 Å². The summed E-state index contributed by atoms with van der Waals surface area (Å²) < 4.78 is 44.4. The molecule has 1 heterocycles. The normalized spacial score (nSPS) is 14.7. The number of benzene rings is 1. The summed E-state index contributed by atoms with van der Waals surface area (Å²) in [5, 5.41) is 0. The highest BCUT2D eigenvalue weighted by Gasteiger charge is 2.34. The number of nitrogens with one attached hydrogen (secondary N) is 1. The molecule has 1 aromatic heterocycles. The molecule has 26 heavy (non-hydrogen) atoms. The van der Waals surface area contributed by atoms with E-state index < -0.39 is 10.2 Å². The Hall–Kier alpha value is -2.19. The molecule has 1 aliphatic carbocycles. The Labute approximate surface area is 152 Å². The van der Waals surface area contributed by atoms with Crippen LogP contribution >= 0.6 is 0 Å². The van der Waals surface area contributed by atoms with E-state index in [1.54, 1.807) is 26.1 Å². The van der Waals surface area contributed by atoms with Gasteiger partial charge in [-0.1, -0.05) is 12.1 Å². The molecule has 2 aromatic rings. The van der Waals surface area contributed by atoms with Crippen molar-refractivity contribution in [2.75, 3.05) is 11.8 Å². The van der Waals surface area contributed by atoms with Crippen molar-refractivity contribution < 1.29 is 12.8 Å². The van der Waals surface area contributed by atoms with Crippen LogP contribution in [-0.4, -0.2) is 30.4 Å². The van der Waals surface area contributed by atoms with E-state index in [0.717, 1.165) is 18.4 Å². The van der Waals surface area contributed by atoms with Gasteiger partial charge in [0.2, 0.25) is 0 Å². The lowest BCUT2D eigenvalue weighted by molar-refractivity contribution is 0.469. The van der Waals surface area contributed by atoms with Gasteiger partial charge in [0.15, 0.2) is 0 Å². The van der Waals surface area contributed by atoms with Gasteiger partial charge < -0.3 is 4.57 Å². The number of aryl methyl sites for hydroxylation is 2. The quantitative estimate of drug-likeness (QED) is 0.836. The van der Waals surface area contributed by atoms with Crippen LogP contribution in [-0.2, 0) is 23.7 Å². The van der Waals surface area contributed by atoms with Gasteiger partial charge in [0.1, 0.15) is 5.82 Å². The van der Waals surface area contributed by atoms with Crippen molar-refractivity contribution in [3.63, 3.8) is 0 Å². The van der Waals surface area contributed by atoms with E-state index in [0.29, 0.717) is 11.1 Å². The summed E-state index contributed by atoms with van der Waals surface area (Å²) in [5.41, 5.74) is 1.62. The van der Waals surface area contributed by atoms with Gasteiger partial charge in [-0.25, -0.2) is 4.39 Å². The van der Waals surface area contributed by atoms with Crippen LogP contribution in [0.25, 0.3) is 0 Å². The maximum absolute atomic E-state index is 14.2. The topological polar surface area (TPSA) is 71.4 Å². The summed E-state index contributed by atoms with van der Waals surface area (Å²) in [5.74, 6) is -0.380. The monoisotopic (exact) mass is 379 g/mol. The second-order valence-electron chi connectivity index (χ2n) is 6.79. The van der Waals surface area contributed by atoms with Gasteiger partial charge in [0.25, 0.3) is 5.56 Å². The molecule has 140 valence electrons. The standard InChI is InChI=1S/C18H22FN3O3S/c1-12-4-5-13(16(19)8-12)9-14-10-18(23)21(2)11-17(14)20-26(24,25)22(3)15-6-7-15/h4-5,8,10-11,15,20H,6-7,9H2,1-3H3. The van der Waals surface area contributed by atoms with Crippen LogP contribution in [0.5, 0.6) is 0 Å². The molecule has 6 nitrogen and oxygen atoms in total. The molecule has 1 aromatic carbocycles. The van der Waals surface area contributed by atoms with Gasteiger partial charge >= 0.3 is 10.2 Å². The highest BCUT2D eigenvalue weighted by atomic mass is 32.2. The molecular formula is C18H22FN3O3S. The third-order valence-electron chi connectivity index (χ3n) is 4.58. The van der Waals surface area contributed by atoms with Gasteiger partial charge in [0, 0.05) is 38.8 Å². The number of rotatable bonds is 6. The summed E-state index contributed by atoms with van der Waals surface area (Å²) in [4.78, 5) is 12.0. The van der Waals surface area contributed by atoms with Crippen molar-refractivity contribution in [2.24, 2.45) is 7.05 Å². The molecule has 1 saturated carbocycles. The number of hydrogen-bond acceptors (Lipinski definition) is 3. The van der Waals surface area contributed by atoms with E-state index in [4.69, 9.17) is 0 Å². The molecule has 1 fully saturated rings. The molecule has 0 saturated heterocycles. The molecule has 8 heteroatoms. The maximum Gasteiger partial charge on any atom is 0.301 e. The van der Waals surface area contributed by atoms with Crippen molar-refractivity contribution in [1.29, 1.82) is 0 Å². The molecule has 0 radical (unpaired) electrons. The largest absolute Gasteiger partial charge is 0.316 e. The molecule has 0 amide bonds. The van der Waals surface area contributed by atoms with E-state index in [1.807, 2.05) is 0 Å². The molecule has 0 atom stereocenters. The fourth-order valence-corrected chi connectivity index (χ4v) is 3.96. The predicted molar refractivity (Wildman–Crippen MR) is 99.0 cm³/mol. The van der Waals surface area contributed by atoms with Gasteiger partial charge in [0.05, 0.1) is 5.69 Å². The molecule has 0 aliphatic heterocycles. The zero-order valence-corrected chi connectivity index (χ0v) is 15.8. The summed E-state index contributed by atoms with van der Waals surface area (Å²) >= 11 is 0. The molecule has 1 aliphatic rings. The summed E-state index contributed by atoms with van der Waals surface area (Å²) in [7, 11) is -0.665. The number of pyridine rings is 1. The lowest BCUT2D eigenvalue weighted by Crippen LogP contribution is -2.35. The van der Waals surface area contributed by atoms with Crippen LogP contribution in [0.15, 0.2) is 35.3 Å². The minimum atomic E-state index is -3.74. The van der Waals surface area contributed by atoms with Gasteiger partial charge in [-0.15, -0.1) is 0 Å². The first kappa shape index (κ1) is 18.6. The van der Waals surface area contributed by atoms with E-state index in [9.17, 15) is 17.6 Å². The molecule has 3 rings (SSSR count). The number of aromatic nitrogens is 1. The van der Waals surface area contributed by atoms with Gasteiger partial charge in [-0.2, -0.15) is 12.7 Å². The van der Waals surface area contributed by atoms with E-state index >= 15 is 0 Å². The molecule has 0 bridgehead atoms. The predicted octanol–water partition coefficient (Wildman–Crippen LogP) is 2.17. The van der Waals surface area contributed by atoms with Crippen LogP contribution in [0.4, 0.5) is 10.1 Å². The van der Waals surface area contributed by atoms with Crippen LogP contribution in [0.3, 0.4) is 0 Å². The Morgan fingerprint density at radius 3 is 2.58 bits per heavy atom. The lowest BCUT2D eigenvalue weighted by Gasteiger charge is -2.20. The maximum atomic E-state index is 14.2. The Bertz CT molecular complexity index is 997. The van der Waals surface area contributed by atoms with Crippen LogP contribution < -0.4 is 10.3 Å². The Balaban J connectivity index is 1.96. The molecule has 1 N–H and O–H groups in total. The SMILES string of the molecule is Cc1ccc(Cc2cc(=O)n(C)cc2NS(=O)(=O)N(C)C2CC2)c(F)c1. The minimum absolute atomic E-state index is 0.0121. The summed E-state index contributed by atoms with van der Waals surface area (Å²) in [6.45, 7) is 1.79. The zero-order valence-electron chi connectivity index (χ0n) is 15.0. The Morgan fingerprint density at radius 2 is 1.96 bits per heavy atom. The molecular weight excluding hydrogens is 357 g/mol. The number of halogens is 1. The van der Waals surface area contributed by atoms with E-state index in [-0.39, 0.29) is 29.5 Å². The second kappa shape index (κ2) is 6.85. The Kier molecular flexibility index (Phi) is 4.90. The fraction of sp³-hybridized carbons (Fsp3) is 0.389. The first-order valence-corrected chi connectivity index (χ1v) is 9.82. The van der Waals surface area contributed by atoms with Crippen molar-refractivity contribution >= 4 is 15.9 Å². The third-order valence-corrected chi connectivity index (χ3v) is 6.12. The average molecular weight is 379 g/mol. The zero-order chi connectivity index (χ0) is 19.1. The fourth-order valence-electron chi connectivity index (χ4n) is 2.75. The first-order valence-electron chi connectivity index (χ1n) is 8.38. The number of hydrogen-bond donors (Lipinski definition) is 1. The van der Waals surface area contributed by atoms with Crippen LogP contribution in [0.2, 0.25) is 0 Å². The van der Waals surface area contributed by atoms with E-state index in [1.165, 1.54) is 34.2 Å². The number of anilines is 1. The second-order valence-corrected chi connectivity index (χ2v) is 8.52. The van der Waals surface area contributed by atoms with Crippen molar-refractivity contribution in [2.45, 2.75) is 32.2 Å². The summed E-state index contributed by atoms with van der Waals surface area (Å²) in [6, 6.07) is 6.20. The van der Waals surface area contributed by atoms with Crippen molar-refractivity contribution in [1.82, 2.24) is 8.87 Å². The van der Waals surface area contributed by atoms with Crippen molar-refractivity contribution in [3.05, 3.63) is 63.3 Å². The van der Waals surface area contributed by atoms with E-state index in [2.05, 4.69) is 4.72 Å². The van der Waals surface area contributed by atoms with Crippen molar-refractivity contribution in [3.8, 4) is 0 Å².